The van der Waals surface area contributed by atoms with Crippen molar-refractivity contribution < 1.29 is 29.5 Å². The third-order valence-corrected chi connectivity index (χ3v) is 18.4. The largest absolute Gasteiger partial charge is 0.487 e. The number of aliphatic hydroxyl groups excluding tert-OH is 2. The van der Waals surface area contributed by atoms with Gasteiger partial charge in [-0.25, -0.2) is 0 Å². The van der Waals surface area contributed by atoms with Crippen molar-refractivity contribution in [3.63, 3.8) is 0 Å². The Labute approximate surface area is 457 Å². The molecule has 6 rings (SSSR count). The summed E-state index contributed by atoms with van der Waals surface area (Å²) in [5.74, 6) is 4.63. The first-order chi connectivity index (χ1) is 35.0. The van der Waals surface area contributed by atoms with Crippen LogP contribution in [0.3, 0.4) is 0 Å². The van der Waals surface area contributed by atoms with Crippen LogP contribution in [0.1, 0.15) is 216 Å². The topological polar surface area (TPSA) is 91.7 Å². The third-order valence-electron chi connectivity index (χ3n) is 18.4. The van der Waals surface area contributed by atoms with E-state index in [2.05, 4.69) is 170 Å². The predicted molar refractivity (Wildman–Crippen MR) is 315 cm³/mol. The molecule has 0 unspecified atom stereocenters. The Kier molecular flexibility index (Phi) is 19.9. The van der Waals surface area contributed by atoms with E-state index < -0.39 is 17.3 Å². The monoisotopic (exact) mass is 1030 g/mol. The molecule has 1 aromatic rings. The first-order valence-corrected chi connectivity index (χ1v) is 29.5. The molecule has 10 atom stereocenters. The SMILES string of the molecule is CC(=C/[C@H]1Cc2c3c(c(C)c(C)c2O[C@@H]1/C(C)=C/C=C/C=C(C)/C=C/C=C(\C)C=C=C1C(C)(C)C[C@H](O)C[C@@]1(C)O)O[C@](C)(CCC[C@H](C)CCC[C@H](C)CCCC(C)C)CC3)/C=C/[C@@]12O[C@]1(C)C[C@@H](O)CC2(C)C. The number of fused-ring (bicyclic) bond motifs is 4. The number of aliphatic hydroxyl groups is 3. The van der Waals surface area contributed by atoms with E-state index in [1.807, 2.05) is 13.0 Å². The molecule has 0 spiro atoms. The van der Waals surface area contributed by atoms with Crippen LogP contribution in [0.5, 0.6) is 11.5 Å². The van der Waals surface area contributed by atoms with E-state index in [0.717, 1.165) is 78.1 Å². The molecule has 0 aromatic heterocycles. The van der Waals surface area contributed by atoms with E-state index in [1.54, 1.807) is 6.92 Å². The van der Waals surface area contributed by atoms with Crippen LogP contribution in [0.15, 0.2) is 100 Å². The molecule has 416 valence electrons. The molecule has 0 bridgehead atoms. The van der Waals surface area contributed by atoms with E-state index in [4.69, 9.17) is 14.2 Å². The summed E-state index contributed by atoms with van der Waals surface area (Å²) >= 11 is 0. The predicted octanol–water partition coefficient (Wildman–Crippen LogP) is 16.9. The molecule has 3 heterocycles. The summed E-state index contributed by atoms with van der Waals surface area (Å²) in [7, 11) is 0. The van der Waals surface area contributed by atoms with Gasteiger partial charge in [0.1, 0.15) is 34.4 Å². The van der Waals surface area contributed by atoms with Crippen LogP contribution in [-0.2, 0) is 17.6 Å². The normalized spacial score (nSPS) is 31.7. The van der Waals surface area contributed by atoms with Crippen molar-refractivity contribution in [3.8, 4) is 11.5 Å². The van der Waals surface area contributed by atoms with Gasteiger partial charge >= 0.3 is 0 Å². The first kappa shape index (κ1) is 60.6. The number of epoxide rings is 1. The highest BCUT2D eigenvalue weighted by Gasteiger charge is 2.74. The number of ether oxygens (including phenoxy) is 3. The lowest BCUT2D eigenvalue weighted by molar-refractivity contribution is -0.0268. The van der Waals surface area contributed by atoms with Crippen LogP contribution < -0.4 is 9.47 Å². The van der Waals surface area contributed by atoms with Gasteiger partial charge in [0.2, 0.25) is 0 Å². The number of benzene rings is 1. The summed E-state index contributed by atoms with van der Waals surface area (Å²) in [4.78, 5) is 0. The van der Waals surface area contributed by atoms with Crippen LogP contribution in [0.25, 0.3) is 0 Å². The minimum absolute atomic E-state index is 0.0999. The van der Waals surface area contributed by atoms with Crippen molar-refractivity contribution in [1.82, 2.24) is 0 Å². The zero-order valence-electron chi connectivity index (χ0n) is 50.3. The van der Waals surface area contributed by atoms with Gasteiger partial charge in [-0.2, -0.15) is 0 Å². The fraction of sp³-hybridized carbons (Fsp3) is 0.667. The third kappa shape index (κ3) is 14.9. The van der Waals surface area contributed by atoms with Gasteiger partial charge in [-0.3, -0.25) is 0 Å². The van der Waals surface area contributed by atoms with Crippen LogP contribution in [0.4, 0.5) is 0 Å². The minimum atomic E-state index is -1.08. The Morgan fingerprint density at radius 2 is 1.31 bits per heavy atom. The molecule has 1 saturated heterocycles. The maximum absolute atomic E-state index is 11.1. The second-order valence-corrected chi connectivity index (χ2v) is 27.3. The van der Waals surface area contributed by atoms with Crippen molar-refractivity contribution >= 4 is 0 Å². The van der Waals surface area contributed by atoms with Crippen molar-refractivity contribution in [3.05, 3.63) is 123 Å². The average Bonchev–Trinajstić information content (AvgIpc) is 3.92. The van der Waals surface area contributed by atoms with Gasteiger partial charge in [0.25, 0.3) is 0 Å². The van der Waals surface area contributed by atoms with Gasteiger partial charge in [-0.05, 0) is 165 Å². The lowest BCUT2D eigenvalue weighted by Crippen LogP contribution is -2.46. The average molecular weight is 1030 g/mol. The molecule has 3 N–H and O–H groups in total. The number of hydrogen-bond acceptors (Lipinski definition) is 6. The fourth-order valence-electron chi connectivity index (χ4n) is 13.9. The zero-order valence-corrected chi connectivity index (χ0v) is 50.3. The van der Waals surface area contributed by atoms with Crippen molar-refractivity contribution in [2.45, 2.75) is 261 Å². The smallest absolute Gasteiger partial charge is 0.127 e. The fourth-order valence-corrected chi connectivity index (χ4v) is 13.9. The van der Waals surface area contributed by atoms with Gasteiger partial charge in [-0.15, -0.1) is 5.73 Å². The van der Waals surface area contributed by atoms with Crippen LogP contribution in [-0.4, -0.2) is 56.0 Å². The molecule has 3 fully saturated rings. The summed E-state index contributed by atoms with van der Waals surface area (Å²) in [6.45, 7) is 37.5. The van der Waals surface area contributed by atoms with Crippen molar-refractivity contribution in [2.24, 2.45) is 34.5 Å². The molecule has 75 heavy (non-hydrogen) atoms. The van der Waals surface area contributed by atoms with E-state index in [-0.39, 0.29) is 40.2 Å². The number of hydrogen-bond donors (Lipinski definition) is 3. The molecule has 1 aromatic carbocycles. The second-order valence-electron chi connectivity index (χ2n) is 27.3. The Bertz CT molecular complexity index is 2440. The number of rotatable bonds is 21. The lowest BCUT2D eigenvalue weighted by atomic mass is 9.63. The van der Waals surface area contributed by atoms with Crippen molar-refractivity contribution in [2.75, 3.05) is 0 Å². The minimum Gasteiger partial charge on any atom is -0.487 e. The Hall–Kier alpha value is -3.64. The van der Waals surface area contributed by atoms with Crippen molar-refractivity contribution in [1.29, 1.82) is 0 Å². The molecule has 5 aliphatic rings. The molecular weight excluding hydrogens is 925 g/mol. The number of allylic oxidation sites excluding steroid dienone is 11. The molecule has 2 aliphatic carbocycles. The molecule has 0 radical (unpaired) electrons. The summed E-state index contributed by atoms with van der Waals surface area (Å²) in [5, 5.41) is 32.1. The van der Waals surface area contributed by atoms with Gasteiger partial charge in [0.15, 0.2) is 0 Å². The molecular formula is C69H104O6. The van der Waals surface area contributed by atoms with Crippen LogP contribution in [0, 0.1) is 48.3 Å². The molecule has 6 nitrogen and oxygen atoms in total. The van der Waals surface area contributed by atoms with Crippen LogP contribution >= 0.6 is 0 Å². The summed E-state index contributed by atoms with van der Waals surface area (Å²) in [6.07, 6.45) is 39.6. The Balaban J connectivity index is 1.18. The second kappa shape index (κ2) is 24.6. The highest BCUT2D eigenvalue weighted by molar-refractivity contribution is 5.61. The Morgan fingerprint density at radius 1 is 0.693 bits per heavy atom. The van der Waals surface area contributed by atoms with Gasteiger partial charge in [0, 0.05) is 40.9 Å². The standard InChI is InChI=1S/C69H104O6/c1-46(2)24-20-26-48(4)28-21-29-49(5)31-23-37-66(15)38-36-58-59-41-55(40-51(7)35-39-69-65(13,14)43-57(71)45-68(69,17)75-69)61(73-62(59)53(9)54(10)63(58)74-66)52(8)32-19-18-25-47(3)27-22-30-50(6)33-34-60-64(11,12)42-56(70)44-67(60,16)72/h18-19,22,25,27,30,32-33,35,39-40,46,48-49,55-57,61,70-72H,20-21,23-24,26,28-29,31,36-38,41-45H2,1-17H3/b19-18+,27-22+,39-35+,47-25+,50-30+,51-40-,52-32+/t34?,48-,49-,55+,56+,57+,61-,66-,67-,68-,69+/m1/s1. The van der Waals surface area contributed by atoms with Gasteiger partial charge in [0.05, 0.1) is 17.8 Å². The Morgan fingerprint density at radius 3 is 1.96 bits per heavy atom. The summed E-state index contributed by atoms with van der Waals surface area (Å²) in [6, 6.07) is 0. The molecule has 2 saturated carbocycles. The van der Waals surface area contributed by atoms with Gasteiger partial charge < -0.3 is 29.5 Å². The highest BCUT2D eigenvalue weighted by Crippen LogP contribution is 2.66. The van der Waals surface area contributed by atoms with Crippen LogP contribution in [0.2, 0.25) is 0 Å². The molecule has 0 amide bonds. The van der Waals surface area contributed by atoms with E-state index in [9.17, 15) is 15.3 Å². The van der Waals surface area contributed by atoms with Gasteiger partial charge in [-0.1, -0.05) is 166 Å². The lowest BCUT2D eigenvalue weighted by Gasteiger charge is -2.43. The maximum atomic E-state index is 11.1. The zero-order chi connectivity index (χ0) is 55.3. The molecule has 6 heteroatoms. The molecule has 3 aliphatic heterocycles. The quantitative estimate of drug-likeness (QED) is 0.0646. The maximum Gasteiger partial charge on any atom is 0.127 e. The van der Waals surface area contributed by atoms with E-state index in [1.165, 1.54) is 84.8 Å². The summed E-state index contributed by atoms with van der Waals surface area (Å²) in [5.41, 5.74) is 11.3. The van der Waals surface area contributed by atoms with E-state index in [0.29, 0.717) is 19.3 Å². The summed E-state index contributed by atoms with van der Waals surface area (Å²) < 4.78 is 21.0. The first-order valence-electron chi connectivity index (χ1n) is 29.5. The highest BCUT2D eigenvalue weighted by atomic mass is 16.6. The van der Waals surface area contributed by atoms with E-state index >= 15 is 0 Å².